The molecule has 1 fully saturated rings. The molecule has 0 aromatic heterocycles. The Morgan fingerprint density at radius 3 is 2.48 bits per heavy atom. The molecule has 0 spiro atoms. The van der Waals surface area contributed by atoms with Crippen LogP contribution in [0, 0.1) is 0 Å². The summed E-state index contributed by atoms with van der Waals surface area (Å²) in [5.74, 6) is 0.913. The van der Waals surface area contributed by atoms with E-state index in [4.69, 9.17) is 27.9 Å². The van der Waals surface area contributed by atoms with E-state index in [1.54, 1.807) is 6.07 Å². The average Bonchev–Trinajstić information content (AvgIpc) is 3.01. The Bertz CT molecular complexity index is 964. The molecule has 0 saturated heterocycles. The summed E-state index contributed by atoms with van der Waals surface area (Å²) >= 11 is 12.3. The van der Waals surface area contributed by atoms with Crippen LogP contribution < -0.4 is 10.1 Å². The lowest BCUT2D eigenvalue weighted by Crippen LogP contribution is -2.28. The molecule has 3 aromatic carbocycles. The highest BCUT2D eigenvalue weighted by atomic mass is 35.5. The van der Waals surface area contributed by atoms with Crippen LogP contribution in [0.15, 0.2) is 54.6 Å². The smallest absolute Gasteiger partial charge is 0.124 e. The van der Waals surface area contributed by atoms with Gasteiger partial charge in [-0.05, 0) is 41.8 Å². The van der Waals surface area contributed by atoms with Crippen LogP contribution in [0.25, 0.3) is 10.8 Å². The first kappa shape index (κ1) is 20.5. The zero-order valence-corrected chi connectivity index (χ0v) is 18.1. The molecule has 0 aliphatic heterocycles. The van der Waals surface area contributed by atoms with Crippen molar-refractivity contribution >= 4 is 34.0 Å². The minimum atomic E-state index is 0.421. The van der Waals surface area contributed by atoms with E-state index in [9.17, 15) is 0 Å². The van der Waals surface area contributed by atoms with E-state index in [0.717, 1.165) is 17.9 Å². The van der Waals surface area contributed by atoms with E-state index in [2.05, 4.69) is 41.7 Å². The third-order valence-electron chi connectivity index (χ3n) is 5.82. The van der Waals surface area contributed by atoms with Gasteiger partial charge in [-0.1, -0.05) is 85.3 Å². The fourth-order valence-corrected chi connectivity index (χ4v) is 4.62. The second-order valence-corrected chi connectivity index (χ2v) is 8.70. The van der Waals surface area contributed by atoms with Crippen molar-refractivity contribution in [3.8, 4) is 5.75 Å². The maximum absolute atomic E-state index is 6.33. The maximum atomic E-state index is 6.33. The highest BCUT2D eigenvalue weighted by Gasteiger charge is 2.15. The number of fused-ring (bicyclic) bond motifs is 1. The molecule has 29 heavy (non-hydrogen) atoms. The van der Waals surface area contributed by atoms with Crippen molar-refractivity contribution in [1.29, 1.82) is 0 Å². The van der Waals surface area contributed by atoms with Gasteiger partial charge in [0.2, 0.25) is 0 Å². The maximum Gasteiger partial charge on any atom is 0.124 e. The topological polar surface area (TPSA) is 21.3 Å². The molecule has 0 unspecified atom stereocenters. The van der Waals surface area contributed by atoms with Crippen LogP contribution in [-0.2, 0) is 13.2 Å². The Balaban J connectivity index is 1.56. The number of hydrogen-bond donors (Lipinski definition) is 1. The molecule has 1 aliphatic carbocycles. The third-order valence-corrected chi connectivity index (χ3v) is 6.41. The molecule has 3 aromatic rings. The minimum Gasteiger partial charge on any atom is -0.488 e. The van der Waals surface area contributed by atoms with E-state index in [1.165, 1.54) is 54.9 Å². The minimum absolute atomic E-state index is 0.421. The first-order valence-corrected chi connectivity index (χ1v) is 11.3. The lowest BCUT2D eigenvalue weighted by atomic mass is 10.0. The van der Waals surface area contributed by atoms with Gasteiger partial charge in [-0.15, -0.1) is 0 Å². The van der Waals surface area contributed by atoms with Crippen LogP contribution in [0.2, 0.25) is 10.0 Å². The summed E-state index contributed by atoms with van der Waals surface area (Å²) in [6, 6.07) is 18.9. The normalized spacial score (nSPS) is 15.4. The van der Waals surface area contributed by atoms with E-state index < -0.39 is 0 Å². The van der Waals surface area contributed by atoms with Crippen molar-refractivity contribution in [3.63, 3.8) is 0 Å². The van der Waals surface area contributed by atoms with Crippen LogP contribution in [0.1, 0.15) is 49.7 Å². The van der Waals surface area contributed by atoms with Crippen molar-refractivity contribution in [2.45, 2.75) is 57.7 Å². The summed E-state index contributed by atoms with van der Waals surface area (Å²) in [5, 5.41) is 7.56. The van der Waals surface area contributed by atoms with E-state index in [0.29, 0.717) is 22.7 Å². The summed E-state index contributed by atoms with van der Waals surface area (Å²) in [4.78, 5) is 0. The molecule has 0 bridgehead atoms. The first-order valence-electron chi connectivity index (χ1n) is 10.5. The predicted octanol–water partition coefficient (Wildman–Crippen LogP) is 7.54. The quantitative estimate of drug-likeness (QED) is 0.410. The predicted molar refractivity (Wildman–Crippen MR) is 123 cm³/mol. The molecule has 0 amide bonds. The van der Waals surface area contributed by atoms with Crippen molar-refractivity contribution in [3.05, 3.63) is 75.8 Å². The van der Waals surface area contributed by atoms with E-state index in [1.807, 2.05) is 12.1 Å². The van der Waals surface area contributed by atoms with Gasteiger partial charge in [-0.2, -0.15) is 0 Å². The fourth-order valence-electron chi connectivity index (χ4n) is 4.16. The number of rotatable bonds is 6. The summed E-state index contributed by atoms with van der Waals surface area (Å²) in [7, 11) is 0. The van der Waals surface area contributed by atoms with Gasteiger partial charge in [-0.25, -0.2) is 0 Å². The van der Waals surface area contributed by atoms with Gasteiger partial charge in [0.15, 0.2) is 0 Å². The molecular weight excluding hydrogens is 401 g/mol. The molecular formula is C25H27Cl2NO. The van der Waals surface area contributed by atoms with Crippen molar-refractivity contribution in [2.75, 3.05) is 0 Å². The van der Waals surface area contributed by atoms with Crippen LogP contribution in [0.5, 0.6) is 5.75 Å². The number of ether oxygens (including phenoxy) is 1. The Hall–Kier alpha value is -1.74. The second kappa shape index (κ2) is 9.84. The Morgan fingerprint density at radius 1 is 0.897 bits per heavy atom. The molecule has 1 saturated carbocycles. The van der Waals surface area contributed by atoms with E-state index in [-0.39, 0.29) is 0 Å². The van der Waals surface area contributed by atoms with Crippen LogP contribution in [-0.4, -0.2) is 6.04 Å². The molecule has 0 heterocycles. The standard InChI is InChI=1S/C25H27Cl2NO/c26-20-13-11-19(24(27)15-20)17-29-25-14-12-18-7-5-6-10-22(18)23(25)16-28-21-8-3-1-2-4-9-21/h5-7,10-15,21,28H,1-4,8-9,16-17H2. The monoisotopic (exact) mass is 427 g/mol. The van der Waals surface area contributed by atoms with Gasteiger partial charge in [0.25, 0.3) is 0 Å². The van der Waals surface area contributed by atoms with Crippen molar-refractivity contribution in [2.24, 2.45) is 0 Å². The van der Waals surface area contributed by atoms with Crippen LogP contribution >= 0.6 is 23.2 Å². The molecule has 1 aliphatic rings. The SMILES string of the molecule is Clc1ccc(COc2ccc3ccccc3c2CNC2CCCCCC2)c(Cl)c1. The Kier molecular flexibility index (Phi) is 6.97. The summed E-state index contributed by atoms with van der Waals surface area (Å²) in [6.45, 7) is 1.24. The molecule has 1 N–H and O–H groups in total. The fraction of sp³-hybridized carbons (Fsp3) is 0.360. The highest BCUT2D eigenvalue weighted by Crippen LogP contribution is 2.30. The third kappa shape index (κ3) is 5.25. The number of hydrogen-bond acceptors (Lipinski definition) is 2. The van der Waals surface area contributed by atoms with Gasteiger partial charge < -0.3 is 10.1 Å². The molecule has 152 valence electrons. The average molecular weight is 428 g/mol. The molecule has 4 rings (SSSR count). The van der Waals surface area contributed by atoms with Crippen molar-refractivity contribution in [1.82, 2.24) is 5.32 Å². The second-order valence-electron chi connectivity index (χ2n) is 7.86. The summed E-state index contributed by atoms with van der Waals surface area (Å²) < 4.78 is 6.25. The lowest BCUT2D eigenvalue weighted by molar-refractivity contribution is 0.302. The Labute approximate surface area is 183 Å². The lowest BCUT2D eigenvalue weighted by Gasteiger charge is -2.20. The number of nitrogens with one attached hydrogen (secondary N) is 1. The van der Waals surface area contributed by atoms with Crippen LogP contribution in [0.4, 0.5) is 0 Å². The van der Waals surface area contributed by atoms with E-state index >= 15 is 0 Å². The number of benzene rings is 3. The molecule has 2 nitrogen and oxygen atoms in total. The summed E-state index contributed by atoms with van der Waals surface area (Å²) in [5.41, 5.74) is 2.16. The van der Waals surface area contributed by atoms with Gasteiger partial charge in [-0.3, -0.25) is 0 Å². The number of halogens is 2. The summed E-state index contributed by atoms with van der Waals surface area (Å²) in [6.07, 6.45) is 7.91. The molecule has 0 radical (unpaired) electrons. The van der Waals surface area contributed by atoms with Gasteiger partial charge >= 0.3 is 0 Å². The molecule has 0 atom stereocenters. The van der Waals surface area contributed by atoms with Crippen LogP contribution in [0.3, 0.4) is 0 Å². The van der Waals surface area contributed by atoms with Gasteiger partial charge in [0.1, 0.15) is 12.4 Å². The largest absolute Gasteiger partial charge is 0.488 e. The van der Waals surface area contributed by atoms with Crippen molar-refractivity contribution < 1.29 is 4.74 Å². The van der Waals surface area contributed by atoms with Gasteiger partial charge in [0.05, 0.1) is 0 Å². The Morgan fingerprint density at radius 2 is 1.69 bits per heavy atom. The molecule has 4 heteroatoms. The van der Waals surface area contributed by atoms with Gasteiger partial charge in [0, 0.05) is 33.8 Å². The zero-order chi connectivity index (χ0) is 20.1. The first-order chi connectivity index (χ1) is 14.2. The highest BCUT2D eigenvalue weighted by molar-refractivity contribution is 6.35. The zero-order valence-electron chi connectivity index (χ0n) is 16.6.